The van der Waals surface area contributed by atoms with Gasteiger partial charge in [0.1, 0.15) is 5.69 Å². The van der Waals surface area contributed by atoms with Crippen LogP contribution in [0.15, 0.2) is 0 Å². The number of amides is 1. The van der Waals surface area contributed by atoms with Gasteiger partial charge in [0, 0.05) is 18.3 Å². The second kappa shape index (κ2) is 5.92. The van der Waals surface area contributed by atoms with Gasteiger partial charge >= 0.3 is 5.97 Å². The van der Waals surface area contributed by atoms with Crippen molar-refractivity contribution in [2.24, 2.45) is 5.92 Å². The van der Waals surface area contributed by atoms with Crippen LogP contribution < -0.4 is 0 Å². The first kappa shape index (κ1) is 15.6. The van der Waals surface area contributed by atoms with Gasteiger partial charge in [-0.3, -0.25) is 4.79 Å². The van der Waals surface area contributed by atoms with Crippen molar-refractivity contribution in [1.29, 1.82) is 0 Å². The molecule has 0 radical (unpaired) electrons. The van der Waals surface area contributed by atoms with Crippen molar-refractivity contribution in [2.45, 2.75) is 46.6 Å². The second-order valence-corrected chi connectivity index (χ2v) is 5.81. The molecule has 1 aliphatic rings. The van der Waals surface area contributed by atoms with Crippen LogP contribution in [0.4, 0.5) is 0 Å². The van der Waals surface area contributed by atoms with Crippen LogP contribution in [0, 0.1) is 19.8 Å². The molecule has 2 atom stereocenters. The Balaban J connectivity index is 2.31. The van der Waals surface area contributed by atoms with Gasteiger partial charge in [0.2, 0.25) is 0 Å². The summed E-state index contributed by atoms with van der Waals surface area (Å²) in [6, 6.07) is 0.243. The van der Waals surface area contributed by atoms with Crippen molar-refractivity contribution in [2.75, 3.05) is 13.7 Å². The van der Waals surface area contributed by atoms with Crippen LogP contribution in [0.2, 0.25) is 0 Å². The fourth-order valence-electron chi connectivity index (χ4n) is 3.35. The summed E-state index contributed by atoms with van der Waals surface area (Å²) in [6.45, 7) is 8.63. The molecule has 2 heterocycles. The third-order valence-electron chi connectivity index (χ3n) is 4.74. The highest BCUT2D eigenvalue weighted by atomic mass is 16.5. The number of methoxy groups -OCH3 is 1. The predicted molar refractivity (Wildman–Crippen MR) is 80.5 cm³/mol. The lowest BCUT2D eigenvalue weighted by molar-refractivity contribution is 0.0599. The second-order valence-electron chi connectivity index (χ2n) is 5.81. The summed E-state index contributed by atoms with van der Waals surface area (Å²) in [6.07, 6.45) is 2.13. The molecule has 1 N–H and O–H groups in total. The van der Waals surface area contributed by atoms with Gasteiger partial charge in [0.25, 0.3) is 5.91 Å². The Morgan fingerprint density at radius 3 is 2.57 bits per heavy atom. The van der Waals surface area contributed by atoms with E-state index in [4.69, 9.17) is 4.74 Å². The lowest BCUT2D eigenvalue weighted by Gasteiger charge is -2.24. The Bertz CT molecular complexity index is 562. The lowest BCUT2D eigenvalue weighted by Crippen LogP contribution is -2.36. The van der Waals surface area contributed by atoms with Crippen LogP contribution in [0.25, 0.3) is 0 Å². The maximum atomic E-state index is 12.8. The van der Waals surface area contributed by atoms with Crippen LogP contribution in [0.5, 0.6) is 0 Å². The van der Waals surface area contributed by atoms with E-state index in [0.29, 0.717) is 28.4 Å². The third kappa shape index (κ3) is 2.57. The summed E-state index contributed by atoms with van der Waals surface area (Å²) in [4.78, 5) is 29.5. The molecule has 0 saturated carbocycles. The fourth-order valence-corrected chi connectivity index (χ4v) is 3.35. The van der Waals surface area contributed by atoms with Crippen molar-refractivity contribution < 1.29 is 14.3 Å². The quantitative estimate of drug-likeness (QED) is 0.871. The molecule has 1 saturated heterocycles. The number of aromatic amines is 1. The molecular weight excluding hydrogens is 268 g/mol. The molecule has 1 aromatic rings. The maximum absolute atomic E-state index is 12.8. The van der Waals surface area contributed by atoms with Crippen LogP contribution in [-0.2, 0) is 4.74 Å². The van der Waals surface area contributed by atoms with E-state index in [0.717, 1.165) is 19.4 Å². The zero-order chi connectivity index (χ0) is 15.7. The first-order valence-electron chi connectivity index (χ1n) is 7.50. The molecule has 116 valence electrons. The molecule has 5 heteroatoms. The molecular formula is C16H24N2O3. The number of esters is 1. The van der Waals surface area contributed by atoms with Gasteiger partial charge in [-0.2, -0.15) is 0 Å². The number of rotatable bonds is 3. The smallest absolute Gasteiger partial charge is 0.339 e. The number of nitrogens with one attached hydrogen (secondary N) is 1. The lowest BCUT2D eigenvalue weighted by atomic mass is 9.99. The molecule has 21 heavy (non-hydrogen) atoms. The van der Waals surface area contributed by atoms with Crippen LogP contribution in [0.3, 0.4) is 0 Å². The summed E-state index contributed by atoms with van der Waals surface area (Å²) in [5.41, 5.74) is 2.34. The van der Waals surface area contributed by atoms with E-state index in [1.54, 1.807) is 13.8 Å². The highest BCUT2D eigenvalue weighted by Gasteiger charge is 2.35. The SMILES string of the molecule is CC[C@H]1CCN(C(=O)c2[nH]c(C)c(C(=O)OC)c2C)[C@H]1C. The average molecular weight is 292 g/mol. The summed E-state index contributed by atoms with van der Waals surface area (Å²) < 4.78 is 4.79. The van der Waals surface area contributed by atoms with E-state index < -0.39 is 5.97 Å². The number of likely N-dealkylation sites (tertiary alicyclic amines) is 1. The van der Waals surface area contributed by atoms with Crippen molar-refractivity contribution in [3.8, 4) is 0 Å². The zero-order valence-corrected chi connectivity index (χ0v) is 13.4. The van der Waals surface area contributed by atoms with Gasteiger partial charge in [-0.1, -0.05) is 13.3 Å². The highest BCUT2D eigenvalue weighted by Crippen LogP contribution is 2.29. The van der Waals surface area contributed by atoms with Gasteiger partial charge in [-0.05, 0) is 38.7 Å². The summed E-state index contributed by atoms with van der Waals surface area (Å²) in [5, 5.41) is 0. The van der Waals surface area contributed by atoms with E-state index >= 15 is 0 Å². The summed E-state index contributed by atoms with van der Waals surface area (Å²) in [7, 11) is 1.35. The van der Waals surface area contributed by atoms with Gasteiger partial charge in [-0.15, -0.1) is 0 Å². The summed E-state index contributed by atoms with van der Waals surface area (Å²) >= 11 is 0. The first-order chi connectivity index (χ1) is 9.92. The van der Waals surface area contributed by atoms with E-state index in [-0.39, 0.29) is 11.9 Å². The Kier molecular flexibility index (Phi) is 4.40. The van der Waals surface area contributed by atoms with E-state index in [2.05, 4.69) is 18.8 Å². The number of ether oxygens (including phenoxy) is 1. The minimum absolute atomic E-state index is 0.0193. The number of nitrogens with zero attached hydrogens (tertiary/aromatic N) is 1. The van der Waals surface area contributed by atoms with Gasteiger partial charge in [0.05, 0.1) is 12.7 Å². The minimum atomic E-state index is -0.402. The zero-order valence-electron chi connectivity index (χ0n) is 13.4. The van der Waals surface area contributed by atoms with Crippen molar-refractivity contribution in [1.82, 2.24) is 9.88 Å². The largest absolute Gasteiger partial charge is 0.465 e. The number of aryl methyl sites for hydroxylation is 1. The molecule has 0 aromatic carbocycles. The molecule has 0 aliphatic carbocycles. The molecule has 2 rings (SSSR count). The third-order valence-corrected chi connectivity index (χ3v) is 4.74. The number of carbonyl (C=O) groups excluding carboxylic acids is 2. The molecule has 0 unspecified atom stereocenters. The number of aromatic nitrogens is 1. The van der Waals surface area contributed by atoms with Crippen molar-refractivity contribution in [3.05, 3.63) is 22.5 Å². The number of carbonyl (C=O) groups is 2. The minimum Gasteiger partial charge on any atom is -0.465 e. The molecule has 1 fully saturated rings. The van der Waals surface area contributed by atoms with Crippen LogP contribution >= 0.6 is 0 Å². The Morgan fingerprint density at radius 2 is 2.05 bits per heavy atom. The van der Waals surface area contributed by atoms with Crippen molar-refractivity contribution >= 4 is 11.9 Å². The number of H-pyrrole nitrogens is 1. The normalized spacial score (nSPS) is 21.7. The monoisotopic (exact) mass is 292 g/mol. The number of hydrogen-bond acceptors (Lipinski definition) is 3. The van der Waals surface area contributed by atoms with E-state index in [1.165, 1.54) is 7.11 Å². The first-order valence-corrected chi connectivity index (χ1v) is 7.50. The van der Waals surface area contributed by atoms with Gasteiger partial charge in [-0.25, -0.2) is 4.79 Å². The molecule has 1 aromatic heterocycles. The molecule has 0 bridgehead atoms. The highest BCUT2D eigenvalue weighted by molar-refractivity contribution is 6.00. The molecule has 1 aliphatic heterocycles. The Labute approximate surface area is 125 Å². The fraction of sp³-hybridized carbons (Fsp3) is 0.625. The van der Waals surface area contributed by atoms with Gasteiger partial charge < -0.3 is 14.6 Å². The number of hydrogen-bond donors (Lipinski definition) is 1. The standard InChI is InChI=1S/C16H24N2O3/c1-6-12-7-8-18(11(12)4)15(19)14-9(2)13(10(3)17-14)16(20)21-5/h11-12,17H,6-8H2,1-5H3/t11-,12-/m0/s1. The summed E-state index contributed by atoms with van der Waals surface area (Å²) in [5.74, 6) is 0.140. The molecule has 0 spiro atoms. The van der Waals surface area contributed by atoms with Gasteiger partial charge in [0.15, 0.2) is 0 Å². The van der Waals surface area contributed by atoms with E-state index in [1.807, 2.05) is 4.90 Å². The molecule has 5 nitrogen and oxygen atoms in total. The Hall–Kier alpha value is -1.78. The van der Waals surface area contributed by atoms with Crippen LogP contribution in [0.1, 0.15) is 58.8 Å². The van der Waals surface area contributed by atoms with E-state index in [9.17, 15) is 9.59 Å². The van der Waals surface area contributed by atoms with Crippen LogP contribution in [-0.4, -0.2) is 41.5 Å². The maximum Gasteiger partial charge on any atom is 0.339 e. The molecule has 1 amide bonds. The predicted octanol–water partition coefficient (Wildman–Crippen LogP) is 2.68. The Morgan fingerprint density at radius 1 is 1.38 bits per heavy atom. The topological polar surface area (TPSA) is 62.4 Å². The average Bonchev–Trinajstić information content (AvgIpc) is 2.97. The van der Waals surface area contributed by atoms with Crippen molar-refractivity contribution in [3.63, 3.8) is 0 Å².